The van der Waals surface area contributed by atoms with Gasteiger partial charge in [0.15, 0.2) is 12.6 Å². The number of likely N-dealkylation sites (N-methyl/N-ethyl adjacent to an activating group) is 1. The first-order valence-corrected chi connectivity index (χ1v) is 8.72. The van der Waals surface area contributed by atoms with Gasteiger partial charge in [-0.1, -0.05) is 24.3 Å². The van der Waals surface area contributed by atoms with Crippen LogP contribution in [-0.4, -0.2) is 31.4 Å². The van der Waals surface area contributed by atoms with E-state index in [0.29, 0.717) is 16.2 Å². The van der Waals surface area contributed by atoms with Crippen molar-refractivity contribution in [2.24, 2.45) is 0 Å². The molecule has 0 radical (unpaired) electrons. The molecule has 2 aromatic rings. The maximum atomic E-state index is 13.0. The molecular weight excluding hydrogens is 385 g/mol. The van der Waals surface area contributed by atoms with Crippen LogP contribution in [0.3, 0.4) is 0 Å². The Hall–Kier alpha value is -3.38. The number of rotatable bonds is 6. The lowest BCUT2D eigenvalue weighted by molar-refractivity contribution is -0.885. The van der Waals surface area contributed by atoms with Crippen molar-refractivity contribution in [2.75, 3.05) is 24.2 Å². The maximum absolute atomic E-state index is 13.0. The molecule has 9 heteroatoms. The Labute approximate surface area is 165 Å². The lowest BCUT2D eigenvalue weighted by Gasteiger charge is -2.21. The molecule has 0 aliphatic carbocycles. The minimum absolute atomic E-state index is 0.222. The number of anilines is 2. The summed E-state index contributed by atoms with van der Waals surface area (Å²) in [6, 6.07) is 12.4. The summed E-state index contributed by atoms with van der Waals surface area (Å²) in [4.78, 5) is 25.1. The predicted molar refractivity (Wildman–Crippen MR) is 101 cm³/mol. The zero-order chi connectivity index (χ0) is 21.6. The summed E-state index contributed by atoms with van der Waals surface area (Å²) in [6.45, 7) is 1.36. The SMILES string of the molecule is C[C@@H](C(=O)Nc1ccccc1C#N)[NH+](C)CC(=O)Nc1ccccc1C(F)(F)F. The van der Waals surface area contributed by atoms with Crippen LogP contribution in [0.1, 0.15) is 18.1 Å². The molecule has 0 aliphatic heterocycles. The van der Waals surface area contributed by atoms with E-state index in [4.69, 9.17) is 5.26 Å². The van der Waals surface area contributed by atoms with E-state index >= 15 is 0 Å². The molecule has 0 aromatic heterocycles. The highest BCUT2D eigenvalue weighted by atomic mass is 19.4. The highest BCUT2D eigenvalue weighted by molar-refractivity contribution is 5.95. The Morgan fingerprint density at radius 1 is 1.07 bits per heavy atom. The molecule has 29 heavy (non-hydrogen) atoms. The van der Waals surface area contributed by atoms with Crippen LogP contribution >= 0.6 is 0 Å². The predicted octanol–water partition coefficient (Wildman–Crippen LogP) is 2.06. The van der Waals surface area contributed by atoms with Crippen LogP contribution < -0.4 is 15.5 Å². The highest BCUT2D eigenvalue weighted by Crippen LogP contribution is 2.34. The lowest BCUT2D eigenvalue weighted by Crippen LogP contribution is -3.14. The van der Waals surface area contributed by atoms with Crippen molar-refractivity contribution >= 4 is 23.2 Å². The molecule has 6 nitrogen and oxygen atoms in total. The summed E-state index contributed by atoms with van der Waals surface area (Å²) in [5.41, 5.74) is -0.627. The number of halogens is 3. The van der Waals surface area contributed by atoms with Crippen molar-refractivity contribution in [3.63, 3.8) is 0 Å². The molecule has 2 rings (SSSR count). The van der Waals surface area contributed by atoms with Gasteiger partial charge in [-0.3, -0.25) is 9.59 Å². The molecule has 3 N–H and O–H groups in total. The quantitative estimate of drug-likeness (QED) is 0.688. The van der Waals surface area contributed by atoms with Gasteiger partial charge in [0.2, 0.25) is 0 Å². The van der Waals surface area contributed by atoms with Gasteiger partial charge < -0.3 is 15.5 Å². The Bertz CT molecular complexity index is 938. The number of nitrogens with zero attached hydrogens (tertiary/aromatic N) is 1. The number of carbonyl (C=O) groups excluding carboxylic acids is 2. The van der Waals surface area contributed by atoms with E-state index in [2.05, 4.69) is 10.6 Å². The number of quaternary nitrogens is 1. The fourth-order valence-electron chi connectivity index (χ4n) is 2.59. The summed E-state index contributed by atoms with van der Waals surface area (Å²) in [6.07, 6.45) is -4.59. The fourth-order valence-corrected chi connectivity index (χ4v) is 2.59. The second-order valence-corrected chi connectivity index (χ2v) is 6.48. The molecule has 2 aromatic carbocycles. The molecule has 0 spiro atoms. The highest BCUT2D eigenvalue weighted by Gasteiger charge is 2.34. The van der Waals surface area contributed by atoms with Gasteiger partial charge in [-0.05, 0) is 31.2 Å². The maximum Gasteiger partial charge on any atom is 0.418 e. The first kappa shape index (κ1) is 21.9. The number of para-hydroxylation sites is 2. The van der Waals surface area contributed by atoms with Crippen molar-refractivity contribution in [3.05, 3.63) is 59.7 Å². The molecule has 0 heterocycles. The molecular formula is C20H20F3N4O2+. The summed E-state index contributed by atoms with van der Waals surface area (Å²) < 4.78 is 39.1. The van der Waals surface area contributed by atoms with Crippen molar-refractivity contribution in [2.45, 2.75) is 19.1 Å². The van der Waals surface area contributed by atoms with Gasteiger partial charge in [0.1, 0.15) is 6.07 Å². The van der Waals surface area contributed by atoms with Crippen LogP contribution in [0, 0.1) is 11.3 Å². The van der Waals surface area contributed by atoms with Gasteiger partial charge in [-0.15, -0.1) is 0 Å². The molecule has 152 valence electrons. The Balaban J connectivity index is 2.01. The smallest absolute Gasteiger partial charge is 0.321 e. The van der Waals surface area contributed by atoms with Gasteiger partial charge in [-0.2, -0.15) is 18.4 Å². The first-order chi connectivity index (χ1) is 13.6. The van der Waals surface area contributed by atoms with Crippen LogP contribution in [0.2, 0.25) is 0 Å². The number of amides is 2. The minimum Gasteiger partial charge on any atom is -0.321 e. The second-order valence-electron chi connectivity index (χ2n) is 6.48. The number of carbonyl (C=O) groups is 2. The average Bonchev–Trinajstić information content (AvgIpc) is 2.67. The number of benzene rings is 2. The zero-order valence-electron chi connectivity index (χ0n) is 15.8. The van der Waals surface area contributed by atoms with Gasteiger partial charge in [-0.25, -0.2) is 0 Å². The van der Waals surface area contributed by atoms with Crippen LogP contribution in [-0.2, 0) is 15.8 Å². The fraction of sp³-hybridized carbons (Fsp3) is 0.250. The Morgan fingerprint density at radius 2 is 1.66 bits per heavy atom. The van der Waals surface area contributed by atoms with Crippen molar-refractivity contribution in [3.8, 4) is 6.07 Å². The second kappa shape index (κ2) is 9.21. The Kier molecular flexibility index (Phi) is 6.96. The summed E-state index contributed by atoms with van der Waals surface area (Å²) >= 11 is 0. The van der Waals surface area contributed by atoms with Crippen LogP contribution in [0.25, 0.3) is 0 Å². The topological polar surface area (TPSA) is 86.4 Å². The molecule has 0 bridgehead atoms. The number of hydrogen-bond donors (Lipinski definition) is 3. The first-order valence-electron chi connectivity index (χ1n) is 8.72. The third-order valence-corrected chi connectivity index (χ3v) is 4.38. The van der Waals surface area contributed by atoms with Gasteiger partial charge in [0.25, 0.3) is 11.8 Å². The zero-order valence-corrected chi connectivity index (χ0v) is 15.8. The normalized spacial score (nSPS) is 13.1. The van der Waals surface area contributed by atoms with Gasteiger partial charge in [0.05, 0.1) is 29.5 Å². The van der Waals surface area contributed by atoms with E-state index in [-0.39, 0.29) is 12.2 Å². The van der Waals surface area contributed by atoms with E-state index in [1.165, 1.54) is 18.2 Å². The van der Waals surface area contributed by atoms with Crippen LogP contribution in [0.15, 0.2) is 48.5 Å². The summed E-state index contributed by atoms with van der Waals surface area (Å²) in [5, 5.41) is 14.0. The number of nitrogens with one attached hydrogen (secondary N) is 3. The van der Waals surface area contributed by atoms with E-state index in [9.17, 15) is 22.8 Å². The average molecular weight is 405 g/mol. The minimum atomic E-state index is -4.59. The monoisotopic (exact) mass is 405 g/mol. The Morgan fingerprint density at radius 3 is 2.28 bits per heavy atom. The van der Waals surface area contributed by atoms with Crippen LogP contribution in [0.4, 0.5) is 24.5 Å². The summed E-state index contributed by atoms with van der Waals surface area (Å²) in [7, 11) is 1.58. The lowest BCUT2D eigenvalue weighted by atomic mass is 10.1. The largest absolute Gasteiger partial charge is 0.418 e. The van der Waals surface area contributed by atoms with E-state index < -0.39 is 29.6 Å². The number of alkyl halides is 3. The molecule has 0 aliphatic rings. The van der Waals surface area contributed by atoms with E-state index in [1.54, 1.807) is 38.2 Å². The summed E-state index contributed by atoms with van der Waals surface area (Å²) in [5.74, 6) is -1.08. The van der Waals surface area contributed by atoms with Crippen LogP contribution in [0.5, 0.6) is 0 Å². The molecule has 2 amide bonds. The molecule has 0 fully saturated rings. The molecule has 0 saturated heterocycles. The molecule has 1 unspecified atom stereocenters. The molecule has 2 atom stereocenters. The third kappa shape index (κ3) is 5.80. The van der Waals surface area contributed by atoms with E-state index in [0.717, 1.165) is 6.07 Å². The van der Waals surface area contributed by atoms with Crippen molar-refractivity contribution < 1.29 is 27.7 Å². The van der Waals surface area contributed by atoms with Crippen molar-refractivity contribution in [1.29, 1.82) is 5.26 Å². The molecule has 0 saturated carbocycles. The number of hydrogen-bond acceptors (Lipinski definition) is 3. The number of nitriles is 1. The van der Waals surface area contributed by atoms with Crippen molar-refractivity contribution in [1.82, 2.24) is 0 Å². The van der Waals surface area contributed by atoms with Gasteiger partial charge in [0, 0.05) is 0 Å². The van der Waals surface area contributed by atoms with Gasteiger partial charge >= 0.3 is 6.18 Å². The van der Waals surface area contributed by atoms with E-state index in [1.807, 2.05) is 6.07 Å². The standard InChI is InChI=1S/C20H19F3N4O2/c1-13(19(29)26-16-9-5-3-7-14(16)11-24)27(2)12-18(28)25-17-10-6-4-8-15(17)20(21,22)23/h3-10,13H,12H2,1-2H3,(H,25,28)(H,26,29)/p+1/t13-/m0/s1. The third-order valence-electron chi connectivity index (χ3n) is 4.38.